The zero-order valence-electron chi connectivity index (χ0n) is 18.8. The van der Waals surface area contributed by atoms with Gasteiger partial charge in [0.2, 0.25) is 11.8 Å². The lowest BCUT2D eigenvalue weighted by molar-refractivity contribution is -0.140. The number of nitrogens with one attached hydrogen (secondary N) is 1. The molecule has 1 aliphatic carbocycles. The number of halogens is 2. The minimum absolute atomic E-state index is 0.0317. The summed E-state index contributed by atoms with van der Waals surface area (Å²) in [5.74, 6) is -2.65. The number of amides is 2. The van der Waals surface area contributed by atoms with Crippen molar-refractivity contribution >= 4 is 28.8 Å². The van der Waals surface area contributed by atoms with E-state index in [1.54, 1.807) is 4.52 Å². The number of thiophene rings is 1. The quantitative estimate of drug-likeness (QED) is 0.584. The van der Waals surface area contributed by atoms with Crippen LogP contribution in [-0.4, -0.2) is 50.3 Å². The van der Waals surface area contributed by atoms with E-state index in [1.807, 2.05) is 35.4 Å². The lowest BCUT2D eigenvalue weighted by Gasteiger charge is -2.36. The Kier molecular flexibility index (Phi) is 6.33. The first-order valence-electron chi connectivity index (χ1n) is 11.7. The Balaban J connectivity index is 1.11. The fraction of sp³-hybridized carbons (Fsp3) is 0.500. The summed E-state index contributed by atoms with van der Waals surface area (Å²) in [6, 6.07) is 7.64. The number of nitrogens with zero attached hydrogens (tertiary/aromatic N) is 4. The van der Waals surface area contributed by atoms with Crippen LogP contribution in [0.4, 0.5) is 8.78 Å². The fourth-order valence-electron chi connectivity index (χ4n) is 4.86. The average Bonchev–Trinajstić information content (AvgIpc) is 3.52. The molecule has 0 spiro atoms. The van der Waals surface area contributed by atoms with Crippen molar-refractivity contribution in [3.05, 3.63) is 52.1 Å². The molecule has 1 saturated carbocycles. The minimum atomic E-state index is -2.61. The Bertz CT molecular complexity index is 1170. The second-order valence-electron chi connectivity index (χ2n) is 9.21. The minimum Gasteiger partial charge on any atom is -0.347 e. The van der Waals surface area contributed by atoms with Crippen molar-refractivity contribution in [1.82, 2.24) is 24.8 Å². The van der Waals surface area contributed by atoms with E-state index < -0.39 is 5.92 Å². The summed E-state index contributed by atoms with van der Waals surface area (Å²) in [5, 5.41) is 7.06. The number of likely N-dealkylation sites (tertiary alicyclic amines) is 1. The molecule has 0 bridgehead atoms. The van der Waals surface area contributed by atoms with Crippen LogP contribution >= 0.6 is 11.3 Å². The third-order valence-corrected chi connectivity index (χ3v) is 8.16. The molecule has 1 aliphatic heterocycles. The summed E-state index contributed by atoms with van der Waals surface area (Å²) >= 11 is 1.50. The molecular formula is C24H27F2N5O2S. The molecule has 1 N–H and O–H groups in total. The van der Waals surface area contributed by atoms with Crippen LogP contribution in [0.5, 0.6) is 0 Å². The number of carbonyl (C=O) groups is 2. The molecular weight excluding hydrogens is 460 g/mol. The van der Waals surface area contributed by atoms with Crippen LogP contribution in [0, 0.1) is 5.92 Å². The van der Waals surface area contributed by atoms with Gasteiger partial charge in [-0.25, -0.2) is 18.3 Å². The highest BCUT2D eigenvalue weighted by molar-refractivity contribution is 7.14. The van der Waals surface area contributed by atoms with Gasteiger partial charge in [0.25, 0.3) is 5.91 Å². The zero-order chi connectivity index (χ0) is 23.7. The second-order valence-corrected chi connectivity index (χ2v) is 10.3. The highest BCUT2D eigenvalue weighted by atomic mass is 32.1. The summed E-state index contributed by atoms with van der Waals surface area (Å²) < 4.78 is 28.5. The van der Waals surface area contributed by atoms with Gasteiger partial charge in [-0.05, 0) is 55.4 Å². The highest BCUT2D eigenvalue weighted by Gasteiger charge is 2.39. The molecule has 0 aromatic carbocycles. The Labute approximate surface area is 200 Å². The van der Waals surface area contributed by atoms with Crippen LogP contribution in [0.1, 0.15) is 64.6 Å². The number of hydrogen-bond donors (Lipinski definition) is 1. The fourth-order valence-corrected chi connectivity index (χ4v) is 5.95. The smallest absolute Gasteiger partial charge is 0.261 e. The van der Waals surface area contributed by atoms with Crippen LogP contribution in [-0.2, 0) is 11.3 Å². The molecule has 7 nitrogen and oxygen atoms in total. The molecule has 0 unspecified atom stereocenters. The maximum atomic E-state index is 13.4. The normalized spacial score (nSPS) is 19.4. The predicted molar refractivity (Wildman–Crippen MR) is 124 cm³/mol. The van der Waals surface area contributed by atoms with Gasteiger partial charge in [0.1, 0.15) is 6.33 Å². The number of alkyl halides is 2. The van der Waals surface area contributed by atoms with E-state index in [-0.39, 0.29) is 43.4 Å². The first kappa shape index (κ1) is 22.9. The topological polar surface area (TPSA) is 79.6 Å². The number of pyridine rings is 1. The van der Waals surface area contributed by atoms with Crippen molar-refractivity contribution in [2.45, 2.75) is 56.9 Å². The van der Waals surface area contributed by atoms with E-state index in [2.05, 4.69) is 15.4 Å². The predicted octanol–water partition coefficient (Wildman–Crippen LogP) is 4.25. The summed E-state index contributed by atoms with van der Waals surface area (Å²) in [4.78, 5) is 33.2. The summed E-state index contributed by atoms with van der Waals surface area (Å²) in [7, 11) is 0. The van der Waals surface area contributed by atoms with Crippen molar-refractivity contribution in [3.8, 4) is 0 Å². The van der Waals surface area contributed by atoms with E-state index in [4.69, 9.17) is 0 Å². The second kappa shape index (κ2) is 9.40. The van der Waals surface area contributed by atoms with Crippen LogP contribution < -0.4 is 5.32 Å². The molecule has 4 heterocycles. The van der Waals surface area contributed by atoms with Gasteiger partial charge >= 0.3 is 0 Å². The van der Waals surface area contributed by atoms with E-state index in [1.165, 1.54) is 17.7 Å². The van der Waals surface area contributed by atoms with Gasteiger partial charge in [-0.3, -0.25) is 9.59 Å². The van der Waals surface area contributed by atoms with Crippen molar-refractivity contribution in [3.63, 3.8) is 0 Å². The number of carbonyl (C=O) groups excluding carboxylic acids is 2. The zero-order valence-corrected chi connectivity index (χ0v) is 19.6. The average molecular weight is 488 g/mol. The summed E-state index contributed by atoms with van der Waals surface area (Å²) in [6.45, 7) is 1.68. The lowest BCUT2D eigenvalue weighted by Crippen LogP contribution is -2.43. The highest BCUT2D eigenvalue weighted by Crippen LogP contribution is 2.38. The molecule has 5 rings (SSSR count). The van der Waals surface area contributed by atoms with Crippen LogP contribution in [0.15, 0.2) is 36.8 Å². The first-order valence-corrected chi connectivity index (χ1v) is 12.5. The molecule has 3 aromatic heterocycles. The van der Waals surface area contributed by atoms with E-state index in [9.17, 15) is 18.4 Å². The van der Waals surface area contributed by atoms with Crippen LogP contribution in [0.2, 0.25) is 0 Å². The Hall–Kier alpha value is -2.88. The third-order valence-electron chi connectivity index (χ3n) is 6.91. The molecule has 180 valence electrons. The lowest BCUT2D eigenvalue weighted by atomic mass is 9.85. The van der Waals surface area contributed by atoms with Crippen molar-refractivity contribution in [2.24, 2.45) is 5.92 Å². The van der Waals surface area contributed by atoms with E-state index in [0.29, 0.717) is 30.4 Å². The molecule has 2 amide bonds. The maximum Gasteiger partial charge on any atom is 0.261 e. The Morgan fingerprint density at radius 1 is 1.09 bits per heavy atom. The molecule has 3 aromatic rings. The van der Waals surface area contributed by atoms with Crippen LogP contribution in [0.3, 0.4) is 0 Å². The number of rotatable bonds is 5. The standard InChI is InChI=1S/C24H27F2N5O2S/c25-24(26)9-5-18(6-10-24)23(33)30-11-7-17(8-12-30)19-2-3-20(34-19)22(32)27-13-16-1-4-21-28-15-29-31(21)14-16/h1-4,14-15,17-18H,5-13H2,(H,27,32). The molecule has 1 saturated heterocycles. The van der Waals surface area contributed by atoms with Gasteiger partial charge in [0.05, 0.1) is 4.88 Å². The SMILES string of the molecule is O=C(NCc1ccc2ncnn2c1)c1ccc(C2CCN(C(=O)C3CCC(F)(F)CC3)CC2)s1. The largest absolute Gasteiger partial charge is 0.347 e. The third kappa shape index (κ3) is 4.96. The number of piperidine rings is 1. The van der Waals surface area contributed by atoms with Crippen LogP contribution in [0.25, 0.3) is 5.65 Å². The first-order chi connectivity index (χ1) is 16.4. The molecule has 10 heteroatoms. The molecule has 0 radical (unpaired) electrons. The van der Waals surface area contributed by atoms with Gasteiger partial charge in [0, 0.05) is 49.5 Å². The van der Waals surface area contributed by atoms with Crippen molar-refractivity contribution in [2.75, 3.05) is 13.1 Å². The number of aromatic nitrogens is 3. The summed E-state index contributed by atoms with van der Waals surface area (Å²) in [6.07, 6.45) is 5.18. The van der Waals surface area contributed by atoms with E-state index in [0.717, 1.165) is 28.9 Å². The molecule has 34 heavy (non-hydrogen) atoms. The van der Waals surface area contributed by atoms with E-state index >= 15 is 0 Å². The van der Waals surface area contributed by atoms with Gasteiger partial charge in [-0.1, -0.05) is 6.07 Å². The van der Waals surface area contributed by atoms with Gasteiger partial charge in [-0.15, -0.1) is 11.3 Å². The van der Waals surface area contributed by atoms with Gasteiger partial charge < -0.3 is 10.2 Å². The Morgan fingerprint density at radius 2 is 1.85 bits per heavy atom. The maximum absolute atomic E-state index is 13.4. The summed E-state index contributed by atoms with van der Waals surface area (Å²) in [5.41, 5.74) is 1.69. The number of fused-ring (bicyclic) bond motifs is 1. The molecule has 0 atom stereocenters. The molecule has 2 aliphatic rings. The number of hydrogen-bond acceptors (Lipinski definition) is 5. The monoisotopic (exact) mass is 487 g/mol. The van der Waals surface area contributed by atoms with Gasteiger partial charge in [-0.2, -0.15) is 5.10 Å². The molecule has 2 fully saturated rings. The Morgan fingerprint density at radius 3 is 2.62 bits per heavy atom. The van der Waals surface area contributed by atoms with Crippen molar-refractivity contribution < 1.29 is 18.4 Å². The van der Waals surface area contributed by atoms with Crippen molar-refractivity contribution in [1.29, 1.82) is 0 Å². The van der Waals surface area contributed by atoms with Gasteiger partial charge in [0.15, 0.2) is 5.65 Å².